The van der Waals surface area contributed by atoms with Gasteiger partial charge < -0.3 is 0 Å². The molecule has 0 amide bonds. The summed E-state index contributed by atoms with van der Waals surface area (Å²) in [6.07, 6.45) is 1.89. The van der Waals surface area contributed by atoms with Crippen molar-refractivity contribution in [2.45, 2.75) is 37.1 Å². The first-order valence-electron chi connectivity index (χ1n) is 5.82. The molecule has 3 nitrogen and oxygen atoms in total. The van der Waals surface area contributed by atoms with Crippen molar-refractivity contribution < 1.29 is 17.2 Å². The van der Waals surface area contributed by atoms with Gasteiger partial charge in [-0.2, -0.15) is 0 Å². The van der Waals surface area contributed by atoms with Gasteiger partial charge in [0.2, 0.25) is 10.0 Å². The maximum absolute atomic E-state index is 13.7. The van der Waals surface area contributed by atoms with Crippen molar-refractivity contribution in [1.82, 2.24) is 4.72 Å². The summed E-state index contributed by atoms with van der Waals surface area (Å²) in [6, 6.07) is 1.49. The molecule has 0 atom stereocenters. The molecule has 0 aromatic heterocycles. The molecule has 0 spiro atoms. The van der Waals surface area contributed by atoms with Gasteiger partial charge in [0.05, 0.1) is 0 Å². The van der Waals surface area contributed by atoms with E-state index in [1.165, 1.54) is 0 Å². The van der Waals surface area contributed by atoms with Gasteiger partial charge in [-0.25, -0.2) is 21.9 Å². The molecule has 1 aliphatic rings. The molecule has 1 aliphatic carbocycles. The highest BCUT2D eigenvalue weighted by Crippen LogP contribution is 2.40. The molecule has 106 valence electrons. The highest BCUT2D eigenvalue weighted by molar-refractivity contribution is 9.10. The molecule has 1 aromatic rings. The van der Waals surface area contributed by atoms with E-state index < -0.39 is 32.1 Å². The van der Waals surface area contributed by atoms with Crippen LogP contribution in [0.25, 0.3) is 0 Å². The molecule has 7 heteroatoms. The van der Waals surface area contributed by atoms with Crippen LogP contribution in [0.3, 0.4) is 0 Å². The van der Waals surface area contributed by atoms with E-state index in [9.17, 15) is 17.2 Å². The Hall–Kier alpha value is -0.530. The Morgan fingerprint density at radius 3 is 2.37 bits per heavy atom. The van der Waals surface area contributed by atoms with Crippen molar-refractivity contribution in [2.24, 2.45) is 5.92 Å². The Kier molecular flexibility index (Phi) is 3.75. The molecular formula is C12H14BrF2NO2S. The van der Waals surface area contributed by atoms with E-state index in [0.717, 1.165) is 18.9 Å². The Balaban J connectivity index is 2.40. The first-order valence-corrected chi connectivity index (χ1v) is 8.09. The van der Waals surface area contributed by atoms with Crippen molar-refractivity contribution in [2.75, 3.05) is 0 Å². The van der Waals surface area contributed by atoms with Gasteiger partial charge in [0.15, 0.2) is 0 Å². The lowest BCUT2D eigenvalue weighted by atomic mass is 10.0. The topological polar surface area (TPSA) is 46.2 Å². The van der Waals surface area contributed by atoms with Crippen LogP contribution < -0.4 is 4.72 Å². The number of nitrogens with one attached hydrogen (secondary N) is 1. The predicted octanol–water partition coefficient (Wildman–Crippen LogP) is 3.19. The fourth-order valence-corrected chi connectivity index (χ4v) is 4.71. The van der Waals surface area contributed by atoms with Crippen LogP contribution in [0.15, 0.2) is 21.5 Å². The zero-order valence-electron chi connectivity index (χ0n) is 10.5. The fourth-order valence-electron chi connectivity index (χ4n) is 2.07. The first-order chi connectivity index (χ1) is 8.63. The van der Waals surface area contributed by atoms with Gasteiger partial charge in [0.1, 0.15) is 16.5 Å². The third-order valence-corrected chi connectivity index (χ3v) is 5.86. The van der Waals surface area contributed by atoms with Gasteiger partial charge in [-0.1, -0.05) is 0 Å². The van der Waals surface area contributed by atoms with Crippen LogP contribution in [0.5, 0.6) is 0 Å². The van der Waals surface area contributed by atoms with Crippen LogP contribution in [-0.2, 0) is 10.0 Å². The molecule has 0 radical (unpaired) electrons. The highest BCUT2D eigenvalue weighted by Gasteiger charge is 2.41. The second-order valence-electron chi connectivity index (χ2n) is 5.30. The monoisotopic (exact) mass is 353 g/mol. The summed E-state index contributed by atoms with van der Waals surface area (Å²) in [6.45, 7) is 3.52. The summed E-state index contributed by atoms with van der Waals surface area (Å²) in [5, 5.41) is 0. The fraction of sp³-hybridized carbons (Fsp3) is 0.500. The number of rotatable bonds is 4. The van der Waals surface area contributed by atoms with E-state index in [1.807, 2.05) is 0 Å². The second kappa shape index (κ2) is 4.79. The Morgan fingerprint density at radius 1 is 1.32 bits per heavy atom. The minimum Gasteiger partial charge on any atom is -0.207 e. The Morgan fingerprint density at radius 2 is 1.89 bits per heavy atom. The van der Waals surface area contributed by atoms with E-state index in [0.29, 0.717) is 6.07 Å². The van der Waals surface area contributed by atoms with Crippen LogP contribution >= 0.6 is 15.9 Å². The smallest absolute Gasteiger partial charge is 0.207 e. The average Bonchev–Trinajstić information content (AvgIpc) is 2.94. The minimum atomic E-state index is -4.04. The first kappa shape index (κ1) is 14.9. The van der Waals surface area contributed by atoms with E-state index in [1.54, 1.807) is 13.8 Å². The summed E-state index contributed by atoms with van der Waals surface area (Å²) in [5.74, 6) is -1.68. The van der Waals surface area contributed by atoms with Crippen molar-refractivity contribution >= 4 is 26.0 Å². The lowest BCUT2D eigenvalue weighted by Crippen LogP contribution is -2.45. The molecule has 1 fully saturated rings. The van der Waals surface area contributed by atoms with Crippen molar-refractivity contribution in [1.29, 1.82) is 0 Å². The number of halogens is 3. The van der Waals surface area contributed by atoms with Gasteiger partial charge >= 0.3 is 0 Å². The zero-order chi connectivity index (χ0) is 14.4. The largest absolute Gasteiger partial charge is 0.245 e. The summed E-state index contributed by atoms with van der Waals surface area (Å²) < 4.78 is 53.5. The maximum Gasteiger partial charge on any atom is 0.245 e. The van der Waals surface area contributed by atoms with Crippen LogP contribution in [0, 0.1) is 17.6 Å². The van der Waals surface area contributed by atoms with Gasteiger partial charge in [0, 0.05) is 16.1 Å². The van der Waals surface area contributed by atoms with E-state index in [2.05, 4.69) is 20.7 Å². The van der Waals surface area contributed by atoms with Gasteiger partial charge in [-0.3, -0.25) is 0 Å². The van der Waals surface area contributed by atoms with E-state index in [-0.39, 0.29) is 10.4 Å². The summed E-state index contributed by atoms with van der Waals surface area (Å²) in [5.41, 5.74) is -0.640. The summed E-state index contributed by atoms with van der Waals surface area (Å²) in [7, 11) is -4.04. The van der Waals surface area contributed by atoms with Gasteiger partial charge in [0.25, 0.3) is 0 Å². The molecule has 1 N–H and O–H groups in total. The Labute approximate surface area is 119 Å². The van der Waals surface area contributed by atoms with Crippen LogP contribution in [0.4, 0.5) is 8.78 Å². The third kappa shape index (κ3) is 3.14. The van der Waals surface area contributed by atoms with Crippen LogP contribution in [0.2, 0.25) is 0 Å². The summed E-state index contributed by atoms with van der Waals surface area (Å²) in [4.78, 5) is -0.553. The molecule has 2 rings (SSSR count). The molecule has 0 bridgehead atoms. The number of hydrogen-bond donors (Lipinski definition) is 1. The van der Waals surface area contributed by atoms with Crippen molar-refractivity contribution in [3.63, 3.8) is 0 Å². The average molecular weight is 354 g/mol. The third-order valence-electron chi connectivity index (χ3n) is 3.23. The quantitative estimate of drug-likeness (QED) is 0.903. The molecule has 1 saturated carbocycles. The van der Waals surface area contributed by atoms with E-state index in [4.69, 9.17) is 0 Å². The SMILES string of the molecule is CC(C)(NS(=O)(=O)c1c(F)cc(F)cc1Br)C1CC1. The molecule has 0 heterocycles. The molecule has 19 heavy (non-hydrogen) atoms. The lowest BCUT2D eigenvalue weighted by molar-refractivity contribution is 0.399. The standard InChI is InChI=1S/C12H14BrF2NO2S/c1-12(2,7-3-4-7)16-19(17,18)11-9(13)5-8(14)6-10(11)15/h5-7,16H,3-4H2,1-2H3. The highest BCUT2D eigenvalue weighted by atomic mass is 79.9. The molecule has 0 aliphatic heterocycles. The molecule has 1 aromatic carbocycles. The lowest BCUT2D eigenvalue weighted by Gasteiger charge is -2.26. The predicted molar refractivity (Wildman–Crippen MR) is 71.2 cm³/mol. The van der Waals surface area contributed by atoms with Gasteiger partial charge in [-0.05, 0) is 54.6 Å². The number of benzene rings is 1. The Bertz CT molecular complexity index is 589. The normalized spacial score (nSPS) is 16.7. The second-order valence-corrected chi connectivity index (χ2v) is 7.77. The van der Waals surface area contributed by atoms with Crippen LogP contribution in [0.1, 0.15) is 26.7 Å². The van der Waals surface area contributed by atoms with Crippen molar-refractivity contribution in [3.8, 4) is 0 Å². The van der Waals surface area contributed by atoms with Crippen LogP contribution in [-0.4, -0.2) is 14.0 Å². The number of sulfonamides is 1. The molecular weight excluding hydrogens is 340 g/mol. The minimum absolute atomic E-state index is 0.121. The molecule has 0 saturated heterocycles. The van der Waals surface area contributed by atoms with Crippen molar-refractivity contribution in [3.05, 3.63) is 28.2 Å². The zero-order valence-corrected chi connectivity index (χ0v) is 12.9. The van der Waals surface area contributed by atoms with Gasteiger partial charge in [-0.15, -0.1) is 0 Å². The maximum atomic E-state index is 13.7. The summed E-state index contributed by atoms with van der Waals surface area (Å²) >= 11 is 2.89. The molecule has 0 unspecified atom stereocenters. The number of hydrogen-bond acceptors (Lipinski definition) is 2. The van der Waals surface area contributed by atoms with E-state index >= 15 is 0 Å².